The molecule has 19 heavy (non-hydrogen) atoms. The molecule has 0 aromatic carbocycles. The van der Waals surface area contributed by atoms with Gasteiger partial charge in [0.15, 0.2) is 0 Å². The third-order valence-corrected chi connectivity index (χ3v) is 3.92. The molecule has 2 heterocycles. The average molecular weight is 262 g/mol. The van der Waals surface area contributed by atoms with Gasteiger partial charge >= 0.3 is 0 Å². The van der Waals surface area contributed by atoms with Crippen molar-refractivity contribution in [2.24, 2.45) is 5.92 Å². The lowest BCUT2D eigenvalue weighted by Crippen LogP contribution is -2.40. The molecule has 2 fully saturated rings. The maximum Gasteiger partial charge on any atom is 0.228 e. The molecule has 1 aliphatic carbocycles. The maximum absolute atomic E-state index is 5.21. The molecule has 0 spiro atoms. The molecular formula is C14H22N4O. The number of ether oxygens (including phenoxy) is 1. The number of nitrogens with one attached hydrogen (secondary N) is 1. The van der Waals surface area contributed by atoms with Gasteiger partial charge in [-0.15, -0.1) is 0 Å². The molecule has 1 saturated carbocycles. The number of hydrogen-bond donors (Lipinski definition) is 1. The van der Waals surface area contributed by atoms with E-state index in [0.29, 0.717) is 17.8 Å². The Labute approximate surface area is 114 Å². The first-order valence-electron chi connectivity index (χ1n) is 7.21. The van der Waals surface area contributed by atoms with Crippen molar-refractivity contribution < 1.29 is 4.74 Å². The summed E-state index contributed by atoms with van der Waals surface area (Å²) in [6.45, 7) is 3.34. The summed E-state index contributed by atoms with van der Waals surface area (Å²) < 4.78 is 5.21. The Bertz CT molecular complexity index is 416. The monoisotopic (exact) mass is 262 g/mol. The fourth-order valence-electron chi connectivity index (χ4n) is 2.72. The predicted octanol–water partition coefficient (Wildman–Crippen LogP) is 1.45. The zero-order valence-electron chi connectivity index (χ0n) is 11.5. The fraction of sp³-hybridized carbons (Fsp3) is 0.714. The fourth-order valence-corrected chi connectivity index (χ4v) is 2.72. The molecular weight excluding hydrogens is 240 g/mol. The van der Waals surface area contributed by atoms with E-state index in [-0.39, 0.29) is 0 Å². The second kappa shape index (κ2) is 5.74. The van der Waals surface area contributed by atoms with Crippen molar-refractivity contribution in [3.63, 3.8) is 0 Å². The van der Waals surface area contributed by atoms with E-state index in [1.54, 1.807) is 19.4 Å². The Morgan fingerprint density at radius 2 is 2.32 bits per heavy atom. The zero-order valence-corrected chi connectivity index (χ0v) is 11.5. The summed E-state index contributed by atoms with van der Waals surface area (Å²) in [6, 6.07) is 2.44. The summed E-state index contributed by atoms with van der Waals surface area (Å²) in [6.07, 6.45) is 6.90. The molecule has 0 amide bonds. The summed E-state index contributed by atoms with van der Waals surface area (Å²) in [5.74, 6) is 2.19. The highest BCUT2D eigenvalue weighted by Gasteiger charge is 2.32. The number of hydrogen-bond acceptors (Lipinski definition) is 5. The van der Waals surface area contributed by atoms with Crippen LogP contribution in [0.3, 0.4) is 0 Å². The van der Waals surface area contributed by atoms with Crippen molar-refractivity contribution in [2.45, 2.75) is 31.7 Å². The van der Waals surface area contributed by atoms with Gasteiger partial charge in [-0.2, -0.15) is 4.98 Å². The minimum atomic E-state index is 0.633. The molecule has 1 aliphatic heterocycles. The second-order valence-corrected chi connectivity index (χ2v) is 5.49. The van der Waals surface area contributed by atoms with E-state index in [0.717, 1.165) is 25.6 Å². The Hall–Kier alpha value is -1.36. The highest BCUT2D eigenvalue weighted by molar-refractivity contribution is 5.36. The number of rotatable bonds is 5. The first-order chi connectivity index (χ1) is 9.36. The molecule has 1 aromatic rings. The van der Waals surface area contributed by atoms with E-state index in [1.807, 2.05) is 0 Å². The van der Waals surface area contributed by atoms with Crippen LogP contribution in [0.5, 0.6) is 5.88 Å². The first kappa shape index (κ1) is 12.7. The zero-order chi connectivity index (χ0) is 13.1. The number of anilines is 1. The largest absolute Gasteiger partial charge is 0.481 e. The van der Waals surface area contributed by atoms with Crippen LogP contribution in [0.2, 0.25) is 0 Å². The Morgan fingerprint density at radius 3 is 3.00 bits per heavy atom. The lowest BCUT2D eigenvalue weighted by Gasteiger charge is -2.30. The van der Waals surface area contributed by atoms with E-state index in [1.165, 1.54) is 25.7 Å². The van der Waals surface area contributed by atoms with Crippen LogP contribution in [0.25, 0.3) is 0 Å². The van der Waals surface area contributed by atoms with Crippen molar-refractivity contribution in [3.8, 4) is 5.88 Å². The van der Waals surface area contributed by atoms with E-state index in [9.17, 15) is 0 Å². The molecule has 5 heteroatoms. The number of piperidine rings is 1. The molecule has 5 nitrogen and oxygen atoms in total. The van der Waals surface area contributed by atoms with Crippen molar-refractivity contribution in [3.05, 3.63) is 12.3 Å². The summed E-state index contributed by atoms with van der Waals surface area (Å²) in [7, 11) is 1.65. The van der Waals surface area contributed by atoms with Gasteiger partial charge < -0.3 is 15.0 Å². The number of nitrogens with zero attached hydrogens (tertiary/aromatic N) is 3. The molecule has 1 saturated heterocycles. The van der Waals surface area contributed by atoms with Gasteiger partial charge in [-0.1, -0.05) is 0 Å². The van der Waals surface area contributed by atoms with Gasteiger partial charge in [-0.3, -0.25) is 0 Å². The van der Waals surface area contributed by atoms with Crippen molar-refractivity contribution in [2.75, 3.05) is 31.6 Å². The van der Waals surface area contributed by atoms with E-state index in [4.69, 9.17) is 4.74 Å². The third-order valence-electron chi connectivity index (χ3n) is 3.92. The average Bonchev–Trinajstić information content (AvgIpc) is 3.30. The van der Waals surface area contributed by atoms with Crippen molar-refractivity contribution in [1.82, 2.24) is 15.3 Å². The molecule has 1 aromatic heterocycles. The lowest BCUT2D eigenvalue weighted by molar-refractivity contribution is 0.372. The quantitative estimate of drug-likeness (QED) is 0.870. The Kier molecular flexibility index (Phi) is 3.82. The van der Waals surface area contributed by atoms with Crippen LogP contribution in [0.1, 0.15) is 25.7 Å². The predicted molar refractivity (Wildman–Crippen MR) is 74.5 cm³/mol. The van der Waals surface area contributed by atoms with Crippen molar-refractivity contribution in [1.29, 1.82) is 0 Å². The highest BCUT2D eigenvalue weighted by Crippen LogP contribution is 2.31. The summed E-state index contributed by atoms with van der Waals surface area (Å²) in [5, 5.41) is 3.48. The molecule has 0 bridgehead atoms. The van der Waals surface area contributed by atoms with E-state index >= 15 is 0 Å². The molecule has 104 valence electrons. The van der Waals surface area contributed by atoms with Crippen LogP contribution >= 0.6 is 0 Å². The molecule has 1 atom stereocenters. The van der Waals surface area contributed by atoms with Crippen LogP contribution in [0, 0.1) is 5.92 Å². The van der Waals surface area contributed by atoms with Gasteiger partial charge in [0.25, 0.3) is 0 Å². The molecule has 1 unspecified atom stereocenters. The smallest absolute Gasteiger partial charge is 0.228 e. The van der Waals surface area contributed by atoms with Gasteiger partial charge in [0.1, 0.15) is 0 Å². The topological polar surface area (TPSA) is 50.3 Å². The van der Waals surface area contributed by atoms with Crippen LogP contribution in [0.15, 0.2) is 12.3 Å². The Balaban J connectivity index is 1.72. The molecule has 2 aliphatic rings. The molecule has 0 radical (unpaired) electrons. The molecule has 1 N–H and O–H groups in total. The maximum atomic E-state index is 5.21. The van der Waals surface area contributed by atoms with Gasteiger partial charge in [-0.05, 0) is 44.7 Å². The first-order valence-corrected chi connectivity index (χ1v) is 7.21. The number of aromatic nitrogens is 2. The SMILES string of the molecule is COc1ccnc(N(CC2CCCNC2)C2CC2)n1. The van der Waals surface area contributed by atoms with Gasteiger partial charge in [0, 0.05) is 24.8 Å². The van der Waals surface area contributed by atoms with Gasteiger partial charge in [0.2, 0.25) is 11.8 Å². The van der Waals surface area contributed by atoms with E-state index in [2.05, 4.69) is 20.2 Å². The minimum absolute atomic E-state index is 0.633. The Morgan fingerprint density at radius 1 is 1.42 bits per heavy atom. The van der Waals surface area contributed by atoms with Gasteiger partial charge in [0.05, 0.1) is 7.11 Å². The third kappa shape index (κ3) is 3.15. The second-order valence-electron chi connectivity index (χ2n) is 5.49. The lowest BCUT2D eigenvalue weighted by atomic mass is 9.99. The summed E-state index contributed by atoms with van der Waals surface area (Å²) in [4.78, 5) is 11.3. The summed E-state index contributed by atoms with van der Waals surface area (Å²) in [5.41, 5.74) is 0. The highest BCUT2D eigenvalue weighted by atomic mass is 16.5. The van der Waals surface area contributed by atoms with Crippen LogP contribution in [0.4, 0.5) is 5.95 Å². The van der Waals surface area contributed by atoms with Gasteiger partial charge in [-0.25, -0.2) is 4.98 Å². The van der Waals surface area contributed by atoms with Crippen LogP contribution in [-0.2, 0) is 0 Å². The minimum Gasteiger partial charge on any atom is -0.481 e. The summed E-state index contributed by atoms with van der Waals surface area (Å²) >= 11 is 0. The standard InChI is InChI=1S/C14H22N4O/c1-19-13-6-8-16-14(17-13)18(12-4-5-12)10-11-3-2-7-15-9-11/h6,8,11-12,15H,2-5,7,9-10H2,1H3. The molecule has 3 rings (SSSR count). The van der Waals surface area contributed by atoms with Crippen molar-refractivity contribution >= 4 is 5.95 Å². The normalized spacial score (nSPS) is 23.1. The van der Waals surface area contributed by atoms with E-state index < -0.39 is 0 Å². The van der Waals surface area contributed by atoms with Crippen LogP contribution < -0.4 is 15.0 Å². The van der Waals surface area contributed by atoms with Crippen LogP contribution in [-0.4, -0.2) is 42.8 Å². The number of methoxy groups -OCH3 is 1.